The van der Waals surface area contributed by atoms with Gasteiger partial charge >= 0.3 is 5.69 Å². The molecule has 2 aromatic rings. The van der Waals surface area contributed by atoms with Crippen LogP contribution in [0, 0.1) is 18.7 Å². The van der Waals surface area contributed by atoms with Crippen LogP contribution in [0.3, 0.4) is 0 Å². The van der Waals surface area contributed by atoms with E-state index < -0.39 is 22.7 Å². The highest BCUT2D eigenvalue weighted by Crippen LogP contribution is 2.48. The maximum atomic E-state index is 15.2. The van der Waals surface area contributed by atoms with Crippen LogP contribution in [0.5, 0.6) is 0 Å². The predicted molar refractivity (Wildman–Crippen MR) is 101 cm³/mol. The molecule has 3 aliphatic rings. The van der Waals surface area contributed by atoms with Crippen molar-refractivity contribution in [2.24, 2.45) is 5.92 Å². The zero-order chi connectivity index (χ0) is 19.1. The summed E-state index contributed by atoms with van der Waals surface area (Å²) in [6, 6.07) is 0.0202. The largest absolute Gasteiger partial charge is 0.396 e. The van der Waals surface area contributed by atoms with Crippen LogP contribution in [0.2, 0.25) is 0 Å². The fourth-order valence-corrected chi connectivity index (χ4v) is 4.68. The minimum atomic E-state index is -0.649. The first kappa shape index (κ1) is 16.8. The van der Waals surface area contributed by atoms with Crippen molar-refractivity contribution in [3.8, 4) is 0 Å². The molecule has 0 amide bonds. The van der Waals surface area contributed by atoms with Crippen molar-refractivity contribution in [3.05, 3.63) is 32.2 Å². The van der Waals surface area contributed by atoms with Crippen LogP contribution in [0.25, 0.3) is 10.9 Å². The third-order valence-electron chi connectivity index (χ3n) is 6.51. The first-order valence-electron chi connectivity index (χ1n) is 9.55. The maximum absolute atomic E-state index is 15.2. The Morgan fingerprint density at radius 3 is 2.59 bits per heavy atom. The molecule has 144 valence electrons. The lowest BCUT2D eigenvalue weighted by Gasteiger charge is -2.25. The Hall–Kier alpha value is -2.35. The van der Waals surface area contributed by atoms with E-state index in [0.29, 0.717) is 29.9 Å². The summed E-state index contributed by atoms with van der Waals surface area (Å²) >= 11 is 0. The Balaban J connectivity index is 1.73. The second-order valence-corrected chi connectivity index (χ2v) is 8.32. The fourth-order valence-electron chi connectivity index (χ4n) is 4.68. The van der Waals surface area contributed by atoms with Crippen LogP contribution in [0.15, 0.2) is 9.59 Å². The molecule has 1 atom stereocenters. The minimum absolute atomic E-state index is 0.0202. The molecule has 2 heterocycles. The summed E-state index contributed by atoms with van der Waals surface area (Å²) < 4.78 is 16.8. The lowest BCUT2D eigenvalue weighted by Crippen LogP contribution is -2.32. The summed E-state index contributed by atoms with van der Waals surface area (Å²) in [5.74, 6) is -0.507. The number of halogens is 1. The molecule has 1 aliphatic heterocycles. The number of nitrogens with one attached hydrogen (secondary N) is 1. The van der Waals surface area contributed by atoms with Gasteiger partial charge in [-0.25, -0.2) is 9.18 Å². The SMILES string of the molecule is Cc1c(N2CCC(C3(O)CC3)C2)c(F)c(N)c2c(=O)[nH]c(=O)n(C3CC3)c12. The van der Waals surface area contributed by atoms with Gasteiger partial charge in [-0.1, -0.05) is 0 Å². The molecule has 1 aromatic heterocycles. The number of aliphatic hydroxyl groups is 1. The van der Waals surface area contributed by atoms with Gasteiger partial charge in [-0.2, -0.15) is 0 Å². The smallest absolute Gasteiger partial charge is 0.329 e. The monoisotopic (exact) mass is 374 g/mol. The first-order chi connectivity index (χ1) is 12.8. The number of aromatic nitrogens is 2. The zero-order valence-electron chi connectivity index (χ0n) is 15.2. The molecule has 2 saturated carbocycles. The number of nitrogen functional groups attached to an aromatic ring is 1. The topological polar surface area (TPSA) is 104 Å². The van der Waals surface area contributed by atoms with Gasteiger partial charge < -0.3 is 15.7 Å². The lowest BCUT2D eigenvalue weighted by atomic mass is 10.00. The van der Waals surface area contributed by atoms with E-state index in [-0.39, 0.29) is 23.0 Å². The maximum Gasteiger partial charge on any atom is 0.329 e. The van der Waals surface area contributed by atoms with Gasteiger partial charge in [0.1, 0.15) is 0 Å². The van der Waals surface area contributed by atoms with Gasteiger partial charge in [-0.05, 0) is 39.0 Å². The molecule has 4 N–H and O–H groups in total. The quantitative estimate of drug-likeness (QED) is 0.705. The molecule has 7 nitrogen and oxygen atoms in total. The zero-order valence-corrected chi connectivity index (χ0v) is 15.2. The summed E-state index contributed by atoms with van der Waals surface area (Å²) in [4.78, 5) is 29.0. The van der Waals surface area contributed by atoms with Gasteiger partial charge in [0.15, 0.2) is 5.82 Å². The Morgan fingerprint density at radius 2 is 1.96 bits per heavy atom. The number of benzene rings is 1. The fraction of sp³-hybridized carbons (Fsp3) is 0.579. The number of fused-ring (bicyclic) bond motifs is 1. The molecule has 3 fully saturated rings. The average Bonchev–Trinajstić information content (AvgIpc) is 3.53. The van der Waals surface area contributed by atoms with E-state index in [2.05, 4.69) is 4.98 Å². The second-order valence-electron chi connectivity index (χ2n) is 8.32. The number of nitrogens with zero attached hydrogens (tertiary/aromatic N) is 2. The molecule has 2 aliphatic carbocycles. The Morgan fingerprint density at radius 1 is 1.26 bits per heavy atom. The highest BCUT2D eigenvalue weighted by molar-refractivity contribution is 5.97. The Kier molecular flexibility index (Phi) is 3.32. The summed E-state index contributed by atoms with van der Waals surface area (Å²) in [6.07, 6.45) is 4.09. The summed E-state index contributed by atoms with van der Waals surface area (Å²) in [5.41, 5.74) is 5.45. The van der Waals surface area contributed by atoms with Crippen molar-refractivity contribution < 1.29 is 9.50 Å². The number of nitrogens with two attached hydrogens (primary N) is 1. The van der Waals surface area contributed by atoms with Crippen molar-refractivity contribution in [2.45, 2.75) is 50.7 Å². The van der Waals surface area contributed by atoms with E-state index in [1.807, 2.05) is 4.90 Å². The van der Waals surface area contributed by atoms with Crippen LogP contribution >= 0.6 is 0 Å². The van der Waals surface area contributed by atoms with Crippen molar-refractivity contribution in [3.63, 3.8) is 0 Å². The van der Waals surface area contributed by atoms with Crippen LogP contribution in [-0.2, 0) is 0 Å². The number of H-pyrrole nitrogens is 1. The van der Waals surface area contributed by atoms with Crippen LogP contribution in [0.1, 0.15) is 43.7 Å². The average molecular weight is 374 g/mol. The lowest BCUT2D eigenvalue weighted by molar-refractivity contribution is 0.0922. The van der Waals surface area contributed by atoms with E-state index in [9.17, 15) is 14.7 Å². The molecule has 1 aromatic carbocycles. The molecule has 8 heteroatoms. The van der Waals surface area contributed by atoms with Crippen LogP contribution < -0.4 is 21.9 Å². The highest BCUT2D eigenvalue weighted by Gasteiger charge is 2.50. The van der Waals surface area contributed by atoms with Gasteiger partial charge in [-0.3, -0.25) is 14.3 Å². The highest BCUT2D eigenvalue weighted by atomic mass is 19.1. The van der Waals surface area contributed by atoms with E-state index in [1.54, 1.807) is 11.5 Å². The normalized spacial score (nSPS) is 24.0. The third-order valence-corrected chi connectivity index (χ3v) is 6.51. The molecule has 27 heavy (non-hydrogen) atoms. The van der Waals surface area contributed by atoms with E-state index in [4.69, 9.17) is 5.73 Å². The number of hydrogen-bond acceptors (Lipinski definition) is 5. The minimum Gasteiger partial charge on any atom is -0.396 e. The first-order valence-corrected chi connectivity index (χ1v) is 9.55. The van der Waals surface area contributed by atoms with Crippen molar-refractivity contribution in [2.75, 3.05) is 23.7 Å². The Bertz CT molecular complexity index is 1080. The number of hydrogen-bond donors (Lipinski definition) is 3. The Labute approximate surface area is 154 Å². The third kappa shape index (κ3) is 2.35. The van der Waals surface area contributed by atoms with E-state index in [1.165, 1.54) is 0 Å². The van der Waals surface area contributed by atoms with Crippen LogP contribution in [-0.4, -0.2) is 33.3 Å². The summed E-state index contributed by atoms with van der Waals surface area (Å²) in [5, 5.41) is 10.5. The molecule has 1 unspecified atom stereocenters. The molecular weight excluding hydrogens is 351 g/mol. The molecule has 0 bridgehead atoms. The molecule has 0 radical (unpaired) electrons. The summed E-state index contributed by atoms with van der Waals surface area (Å²) in [6.45, 7) is 2.92. The molecule has 0 spiro atoms. The number of aromatic amines is 1. The van der Waals surface area contributed by atoms with Crippen LogP contribution in [0.4, 0.5) is 15.8 Å². The molecular formula is C19H23FN4O3. The van der Waals surface area contributed by atoms with Crippen molar-refractivity contribution in [1.82, 2.24) is 9.55 Å². The standard InChI is InChI=1S/C19H23FN4O3/c1-9-15-12(17(25)22-18(26)24(15)11-2-3-11)14(21)13(20)16(9)23-7-4-10(8-23)19(27)5-6-19/h10-11,27H,2-8,21H2,1H3,(H,22,25,26). The van der Waals surface area contributed by atoms with Gasteiger partial charge in [0.05, 0.1) is 27.9 Å². The van der Waals surface area contributed by atoms with Crippen molar-refractivity contribution in [1.29, 1.82) is 0 Å². The number of anilines is 2. The van der Waals surface area contributed by atoms with Gasteiger partial charge in [0, 0.05) is 30.6 Å². The summed E-state index contributed by atoms with van der Waals surface area (Å²) in [7, 11) is 0. The molecule has 5 rings (SSSR count). The van der Waals surface area contributed by atoms with Gasteiger partial charge in [0.25, 0.3) is 5.56 Å². The number of aryl methyl sites for hydroxylation is 1. The molecule has 1 saturated heterocycles. The second kappa shape index (κ2) is 5.34. The van der Waals surface area contributed by atoms with Crippen molar-refractivity contribution >= 4 is 22.3 Å². The predicted octanol–water partition coefficient (Wildman–Crippen LogP) is 1.41. The van der Waals surface area contributed by atoms with E-state index >= 15 is 4.39 Å². The van der Waals surface area contributed by atoms with E-state index in [0.717, 1.165) is 32.1 Å². The number of rotatable bonds is 3. The van der Waals surface area contributed by atoms with Gasteiger partial charge in [0.2, 0.25) is 0 Å². The van der Waals surface area contributed by atoms with Gasteiger partial charge in [-0.15, -0.1) is 0 Å².